The molecule has 0 aromatic rings. The van der Waals surface area contributed by atoms with E-state index in [0.717, 1.165) is 0 Å². The molecule has 0 amide bonds. The van der Waals surface area contributed by atoms with Gasteiger partial charge in [-0.15, -0.1) is 0 Å². The van der Waals surface area contributed by atoms with Crippen LogP contribution in [0.25, 0.3) is 0 Å². The second kappa shape index (κ2) is 6.44. The summed E-state index contributed by atoms with van der Waals surface area (Å²) < 4.78 is 25.0. The Balaban J connectivity index is 2.90. The maximum absolute atomic E-state index is 14.1. The first-order chi connectivity index (χ1) is 9.48. The van der Waals surface area contributed by atoms with Gasteiger partial charge in [-0.25, -0.2) is 9.18 Å². The Hall–Kier alpha value is -0.943. The van der Waals surface area contributed by atoms with Crippen LogP contribution >= 0.6 is 0 Å². The molecule has 21 heavy (non-hydrogen) atoms. The summed E-state index contributed by atoms with van der Waals surface area (Å²) in [6, 6.07) is 0. The van der Waals surface area contributed by atoms with Gasteiger partial charge in [0.1, 0.15) is 6.17 Å². The molecule has 0 radical (unpaired) electrons. The van der Waals surface area contributed by atoms with Gasteiger partial charge in [-0.05, 0) is 35.7 Å². The lowest BCUT2D eigenvalue weighted by molar-refractivity contribution is -0.134. The van der Waals surface area contributed by atoms with E-state index in [-0.39, 0.29) is 11.1 Å². The Morgan fingerprint density at radius 3 is 2.48 bits per heavy atom. The van der Waals surface area contributed by atoms with E-state index < -0.39 is 20.5 Å². The van der Waals surface area contributed by atoms with Crippen molar-refractivity contribution in [2.75, 3.05) is 7.11 Å². The number of carbonyl (C=O) groups excluding carboxylic acids is 1. The SMILES string of the molecule is C=C1/C(=C\C(=O)OC)C[C@@H](O[Si](C)(C)C(C)(C)C)C[C@@H]1F. The summed E-state index contributed by atoms with van der Waals surface area (Å²) in [6.45, 7) is 14.5. The normalized spacial score (nSPS) is 26.0. The first-order valence-corrected chi connectivity index (χ1v) is 10.2. The summed E-state index contributed by atoms with van der Waals surface area (Å²) >= 11 is 0. The van der Waals surface area contributed by atoms with Gasteiger partial charge in [-0.2, -0.15) is 0 Å². The van der Waals surface area contributed by atoms with E-state index in [1.54, 1.807) is 0 Å². The van der Waals surface area contributed by atoms with Crippen LogP contribution < -0.4 is 0 Å². The fourth-order valence-corrected chi connectivity index (χ4v) is 3.44. The number of hydrogen-bond donors (Lipinski definition) is 0. The smallest absolute Gasteiger partial charge is 0.330 e. The highest BCUT2D eigenvalue weighted by Crippen LogP contribution is 2.40. The number of methoxy groups -OCH3 is 1. The zero-order valence-electron chi connectivity index (χ0n) is 14.0. The van der Waals surface area contributed by atoms with Crippen LogP contribution in [0.2, 0.25) is 18.1 Å². The molecular weight excluding hydrogens is 287 g/mol. The standard InChI is InChI=1S/C16H27FO3Si/c1-11-12(9-15(18)19-5)8-13(10-14(11)17)20-21(6,7)16(2,3)4/h9,13-14H,1,8,10H2,2-7H3/b12-9-/t13-,14+/m1/s1. The fraction of sp³-hybridized carbons (Fsp3) is 0.688. The number of ether oxygens (including phenoxy) is 1. The number of alkyl halides is 1. The Morgan fingerprint density at radius 1 is 1.43 bits per heavy atom. The number of halogens is 1. The molecular formula is C16H27FO3Si. The highest BCUT2D eigenvalue weighted by molar-refractivity contribution is 6.74. The average molecular weight is 314 g/mol. The number of carbonyl (C=O) groups is 1. The lowest BCUT2D eigenvalue weighted by atomic mass is 9.87. The second-order valence-corrected chi connectivity index (χ2v) is 11.9. The first-order valence-electron chi connectivity index (χ1n) is 7.27. The summed E-state index contributed by atoms with van der Waals surface area (Å²) in [5.74, 6) is -0.480. The Morgan fingerprint density at radius 2 is 2.00 bits per heavy atom. The maximum atomic E-state index is 14.1. The monoisotopic (exact) mass is 314 g/mol. The third kappa shape index (κ3) is 4.51. The van der Waals surface area contributed by atoms with Crippen molar-refractivity contribution >= 4 is 14.3 Å². The van der Waals surface area contributed by atoms with E-state index in [1.165, 1.54) is 13.2 Å². The third-order valence-corrected chi connectivity index (χ3v) is 9.00. The molecule has 1 fully saturated rings. The highest BCUT2D eigenvalue weighted by atomic mass is 28.4. The van der Waals surface area contributed by atoms with Crippen molar-refractivity contribution in [3.8, 4) is 0 Å². The molecule has 0 spiro atoms. The van der Waals surface area contributed by atoms with Crippen molar-refractivity contribution in [3.63, 3.8) is 0 Å². The molecule has 0 saturated heterocycles. The Bertz CT molecular complexity index is 449. The van der Waals surface area contributed by atoms with Crippen LogP contribution in [-0.4, -0.2) is 33.7 Å². The summed E-state index contributed by atoms with van der Waals surface area (Å²) in [6.07, 6.45) is 0.785. The Labute approximate surface area is 128 Å². The van der Waals surface area contributed by atoms with Gasteiger partial charge in [0, 0.05) is 12.5 Å². The average Bonchev–Trinajstić information content (AvgIpc) is 2.33. The molecule has 1 aliphatic carbocycles. The minimum absolute atomic E-state index is 0.0689. The fourth-order valence-electron chi connectivity index (χ4n) is 2.07. The third-order valence-electron chi connectivity index (χ3n) is 4.47. The molecule has 3 nitrogen and oxygen atoms in total. The number of rotatable bonds is 3. The van der Waals surface area contributed by atoms with E-state index >= 15 is 0 Å². The predicted octanol–water partition coefficient (Wildman–Crippen LogP) is 4.16. The molecule has 1 saturated carbocycles. The van der Waals surface area contributed by atoms with Crippen LogP contribution in [0.1, 0.15) is 33.6 Å². The summed E-state index contributed by atoms with van der Waals surface area (Å²) in [5.41, 5.74) is 0.972. The largest absolute Gasteiger partial charge is 0.466 e. The first kappa shape index (κ1) is 18.1. The van der Waals surface area contributed by atoms with Crippen LogP contribution in [0.15, 0.2) is 23.8 Å². The summed E-state index contributed by atoms with van der Waals surface area (Å²) in [7, 11) is -0.654. The number of esters is 1. The number of hydrogen-bond acceptors (Lipinski definition) is 3. The van der Waals surface area contributed by atoms with Crippen molar-refractivity contribution in [2.24, 2.45) is 0 Å². The van der Waals surface area contributed by atoms with Crippen LogP contribution in [0.4, 0.5) is 4.39 Å². The minimum Gasteiger partial charge on any atom is -0.466 e. The molecule has 1 aliphatic rings. The molecule has 0 bridgehead atoms. The van der Waals surface area contributed by atoms with Crippen molar-refractivity contribution in [1.82, 2.24) is 0 Å². The summed E-state index contributed by atoms with van der Waals surface area (Å²) in [4.78, 5) is 11.4. The molecule has 0 aromatic heterocycles. The van der Waals surface area contributed by atoms with E-state index in [0.29, 0.717) is 24.0 Å². The van der Waals surface area contributed by atoms with Crippen molar-refractivity contribution in [1.29, 1.82) is 0 Å². The molecule has 0 aromatic carbocycles. The van der Waals surface area contributed by atoms with Gasteiger partial charge in [-0.1, -0.05) is 27.4 Å². The molecule has 0 N–H and O–H groups in total. The number of allylic oxidation sites excluding steroid dienone is 1. The van der Waals surface area contributed by atoms with Gasteiger partial charge in [-0.3, -0.25) is 0 Å². The van der Waals surface area contributed by atoms with Crippen molar-refractivity contribution in [2.45, 2.75) is 64.0 Å². The van der Waals surface area contributed by atoms with Crippen LogP contribution in [0.3, 0.4) is 0 Å². The highest BCUT2D eigenvalue weighted by Gasteiger charge is 2.41. The summed E-state index contributed by atoms with van der Waals surface area (Å²) in [5, 5.41) is 0.0689. The predicted molar refractivity (Wildman–Crippen MR) is 85.4 cm³/mol. The van der Waals surface area contributed by atoms with Gasteiger partial charge in [0.05, 0.1) is 13.2 Å². The topological polar surface area (TPSA) is 35.5 Å². The quantitative estimate of drug-likeness (QED) is 0.446. The van der Waals surface area contributed by atoms with E-state index in [4.69, 9.17) is 4.43 Å². The van der Waals surface area contributed by atoms with Gasteiger partial charge in [0.2, 0.25) is 0 Å². The van der Waals surface area contributed by atoms with Crippen molar-refractivity contribution < 1.29 is 18.3 Å². The molecule has 2 atom stereocenters. The molecule has 0 aliphatic heterocycles. The van der Waals surface area contributed by atoms with E-state index in [1.807, 2.05) is 0 Å². The molecule has 5 heteroatoms. The van der Waals surface area contributed by atoms with E-state index in [2.05, 4.69) is 45.2 Å². The van der Waals surface area contributed by atoms with Crippen LogP contribution in [0.5, 0.6) is 0 Å². The maximum Gasteiger partial charge on any atom is 0.330 e. The molecule has 0 heterocycles. The van der Waals surface area contributed by atoms with Gasteiger partial charge < -0.3 is 9.16 Å². The van der Waals surface area contributed by atoms with Gasteiger partial charge in [0.15, 0.2) is 8.32 Å². The lowest BCUT2D eigenvalue weighted by Gasteiger charge is -2.41. The molecule has 0 unspecified atom stereocenters. The van der Waals surface area contributed by atoms with Crippen LogP contribution in [0, 0.1) is 0 Å². The van der Waals surface area contributed by atoms with Gasteiger partial charge in [0.25, 0.3) is 0 Å². The van der Waals surface area contributed by atoms with Crippen LogP contribution in [-0.2, 0) is 14.0 Å². The second-order valence-electron chi connectivity index (χ2n) is 7.13. The molecule has 1 rings (SSSR count). The lowest BCUT2D eigenvalue weighted by Crippen LogP contribution is -2.45. The van der Waals surface area contributed by atoms with E-state index in [9.17, 15) is 9.18 Å². The zero-order chi connectivity index (χ0) is 16.4. The molecule has 120 valence electrons. The minimum atomic E-state index is -1.96. The van der Waals surface area contributed by atoms with Crippen molar-refractivity contribution in [3.05, 3.63) is 23.8 Å². The zero-order valence-corrected chi connectivity index (χ0v) is 15.0. The van der Waals surface area contributed by atoms with Gasteiger partial charge >= 0.3 is 5.97 Å². The Kier molecular flexibility index (Phi) is 5.55.